The van der Waals surface area contributed by atoms with Gasteiger partial charge in [0, 0.05) is 15.6 Å². The number of hydrogen-bond donors (Lipinski definition) is 2. The first kappa shape index (κ1) is 16.1. The number of amides is 2. The van der Waals surface area contributed by atoms with Crippen LogP contribution in [0.4, 0.5) is 0 Å². The van der Waals surface area contributed by atoms with Gasteiger partial charge in [0.25, 0.3) is 11.8 Å². The smallest absolute Gasteiger partial charge is 0.273 e. The molecule has 22 heavy (non-hydrogen) atoms. The van der Waals surface area contributed by atoms with Crippen molar-refractivity contribution < 1.29 is 14.3 Å². The fourth-order valence-electron chi connectivity index (χ4n) is 1.71. The fourth-order valence-corrected chi connectivity index (χ4v) is 2.01. The van der Waals surface area contributed by atoms with Gasteiger partial charge in [-0.3, -0.25) is 20.4 Å². The molecular formula is C15H12Cl2N2O3. The molecular weight excluding hydrogens is 327 g/mol. The van der Waals surface area contributed by atoms with Gasteiger partial charge < -0.3 is 4.74 Å². The van der Waals surface area contributed by atoms with E-state index in [0.29, 0.717) is 21.4 Å². The predicted octanol–water partition coefficient (Wildman–Crippen LogP) is 3.08. The lowest BCUT2D eigenvalue weighted by molar-refractivity contribution is 0.0845. The summed E-state index contributed by atoms with van der Waals surface area (Å²) in [4.78, 5) is 24.0. The lowest BCUT2D eigenvalue weighted by Crippen LogP contribution is -2.41. The first-order chi connectivity index (χ1) is 10.5. The van der Waals surface area contributed by atoms with Gasteiger partial charge in [-0.1, -0.05) is 23.2 Å². The van der Waals surface area contributed by atoms with E-state index >= 15 is 0 Å². The summed E-state index contributed by atoms with van der Waals surface area (Å²) in [5.41, 5.74) is 5.19. The number of nitrogens with one attached hydrogen (secondary N) is 2. The van der Waals surface area contributed by atoms with Crippen LogP contribution in [0.1, 0.15) is 20.7 Å². The molecule has 0 heterocycles. The van der Waals surface area contributed by atoms with Crippen molar-refractivity contribution in [2.24, 2.45) is 0 Å². The Morgan fingerprint density at radius 3 is 2.14 bits per heavy atom. The van der Waals surface area contributed by atoms with Gasteiger partial charge in [-0.15, -0.1) is 0 Å². The van der Waals surface area contributed by atoms with E-state index in [-0.39, 0.29) is 5.56 Å². The summed E-state index contributed by atoms with van der Waals surface area (Å²) in [6.45, 7) is 0. The first-order valence-electron chi connectivity index (χ1n) is 6.21. The lowest BCUT2D eigenvalue weighted by Gasteiger charge is -2.10. The minimum absolute atomic E-state index is 0.214. The van der Waals surface area contributed by atoms with E-state index in [2.05, 4.69) is 10.9 Å². The van der Waals surface area contributed by atoms with Gasteiger partial charge in [0.15, 0.2) is 0 Å². The Balaban J connectivity index is 2.05. The molecule has 2 aromatic carbocycles. The number of methoxy groups -OCH3 is 1. The molecule has 0 fully saturated rings. The van der Waals surface area contributed by atoms with Crippen LogP contribution in [0.15, 0.2) is 42.5 Å². The summed E-state index contributed by atoms with van der Waals surface area (Å²) in [6.07, 6.45) is 0. The molecule has 2 N–H and O–H groups in total. The third kappa shape index (κ3) is 3.90. The van der Waals surface area contributed by atoms with Crippen molar-refractivity contribution in [3.8, 4) is 5.75 Å². The van der Waals surface area contributed by atoms with E-state index in [1.807, 2.05) is 0 Å². The highest BCUT2D eigenvalue weighted by atomic mass is 35.5. The predicted molar refractivity (Wildman–Crippen MR) is 84.4 cm³/mol. The SMILES string of the molecule is COc1ccc(Cl)cc1C(=O)NNC(=O)c1ccc(Cl)cc1. The normalized spacial score (nSPS) is 9.95. The molecule has 5 nitrogen and oxygen atoms in total. The molecule has 7 heteroatoms. The number of rotatable bonds is 3. The highest BCUT2D eigenvalue weighted by Gasteiger charge is 2.14. The van der Waals surface area contributed by atoms with Crippen LogP contribution in [0.5, 0.6) is 5.75 Å². The number of hydrazine groups is 1. The molecule has 0 atom stereocenters. The summed E-state index contributed by atoms with van der Waals surface area (Å²) in [6, 6.07) is 10.9. The molecule has 0 radical (unpaired) electrons. The van der Waals surface area contributed by atoms with Gasteiger partial charge in [0.1, 0.15) is 5.75 Å². The highest BCUT2D eigenvalue weighted by molar-refractivity contribution is 6.31. The highest BCUT2D eigenvalue weighted by Crippen LogP contribution is 2.22. The molecule has 0 spiro atoms. The number of hydrogen-bond acceptors (Lipinski definition) is 3. The maximum absolute atomic E-state index is 12.1. The minimum atomic E-state index is -0.540. The average molecular weight is 339 g/mol. The zero-order chi connectivity index (χ0) is 16.1. The molecule has 0 saturated carbocycles. The van der Waals surface area contributed by atoms with E-state index < -0.39 is 11.8 Å². The third-order valence-corrected chi connectivity index (χ3v) is 3.29. The molecule has 0 aliphatic heterocycles. The van der Waals surface area contributed by atoms with Crippen molar-refractivity contribution >= 4 is 35.0 Å². The zero-order valence-corrected chi connectivity index (χ0v) is 13.0. The van der Waals surface area contributed by atoms with Gasteiger partial charge in [-0.25, -0.2) is 0 Å². The molecule has 2 aromatic rings. The van der Waals surface area contributed by atoms with Crippen molar-refractivity contribution in [2.75, 3.05) is 7.11 Å². The number of halogens is 2. The topological polar surface area (TPSA) is 67.4 Å². The second-order valence-corrected chi connectivity index (χ2v) is 5.13. The van der Waals surface area contributed by atoms with Crippen LogP contribution in [-0.2, 0) is 0 Å². The maximum atomic E-state index is 12.1. The Hall–Kier alpha value is -2.24. The van der Waals surface area contributed by atoms with Gasteiger partial charge >= 0.3 is 0 Å². The largest absolute Gasteiger partial charge is 0.496 e. The summed E-state index contributed by atoms with van der Waals surface area (Å²) in [7, 11) is 1.44. The zero-order valence-electron chi connectivity index (χ0n) is 11.5. The maximum Gasteiger partial charge on any atom is 0.273 e. The number of carbonyl (C=O) groups is 2. The van der Waals surface area contributed by atoms with E-state index in [1.165, 1.54) is 13.2 Å². The van der Waals surface area contributed by atoms with Crippen molar-refractivity contribution in [3.05, 3.63) is 63.6 Å². The van der Waals surface area contributed by atoms with E-state index in [9.17, 15) is 9.59 Å². The average Bonchev–Trinajstić information content (AvgIpc) is 2.53. The summed E-state index contributed by atoms with van der Waals surface area (Å²) in [5.74, 6) is -0.657. The first-order valence-corrected chi connectivity index (χ1v) is 6.96. The Labute approximate surface area is 137 Å². The number of benzene rings is 2. The fraction of sp³-hybridized carbons (Fsp3) is 0.0667. The Morgan fingerprint density at radius 2 is 1.50 bits per heavy atom. The Morgan fingerprint density at radius 1 is 0.909 bits per heavy atom. The number of ether oxygens (including phenoxy) is 1. The molecule has 2 rings (SSSR count). The minimum Gasteiger partial charge on any atom is -0.496 e. The summed E-state index contributed by atoms with van der Waals surface area (Å²) >= 11 is 11.6. The standard InChI is InChI=1S/C15H12Cl2N2O3/c1-22-13-7-6-11(17)8-12(13)15(21)19-18-14(20)9-2-4-10(16)5-3-9/h2-8H,1H3,(H,18,20)(H,19,21). The van der Waals surface area contributed by atoms with Gasteiger partial charge in [0.2, 0.25) is 0 Å². The van der Waals surface area contributed by atoms with Crippen molar-refractivity contribution in [2.45, 2.75) is 0 Å². The molecule has 2 amide bonds. The van der Waals surface area contributed by atoms with Crippen LogP contribution < -0.4 is 15.6 Å². The Bertz CT molecular complexity index is 702. The molecule has 0 saturated heterocycles. The molecule has 0 unspecified atom stereocenters. The van der Waals surface area contributed by atoms with Crippen LogP contribution in [-0.4, -0.2) is 18.9 Å². The summed E-state index contributed by atoms with van der Waals surface area (Å²) < 4.78 is 5.08. The monoisotopic (exact) mass is 338 g/mol. The van der Waals surface area contributed by atoms with Crippen LogP contribution in [0.3, 0.4) is 0 Å². The van der Waals surface area contributed by atoms with Crippen molar-refractivity contribution in [3.63, 3.8) is 0 Å². The molecule has 0 aromatic heterocycles. The quantitative estimate of drug-likeness (QED) is 0.845. The third-order valence-electron chi connectivity index (χ3n) is 2.80. The van der Waals surface area contributed by atoms with Crippen LogP contribution >= 0.6 is 23.2 Å². The van der Waals surface area contributed by atoms with Crippen molar-refractivity contribution in [1.82, 2.24) is 10.9 Å². The lowest BCUT2D eigenvalue weighted by atomic mass is 10.2. The molecule has 0 aliphatic carbocycles. The summed E-state index contributed by atoms with van der Waals surface area (Å²) in [5, 5.41) is 0.902. The van der Waals surface area contributed by atoms with E-state index in [4.69, 9.17) is 27.9 Å². The second kappa shape index (κ2) is 7.15. The van der Waals surface area contributed by atoms with Gasteiger partial charge in [0.05, 0.1) is 12.7 Å². The van der Waals surface area contributed by atoms with Crippen LogP contribution in [0, 0.1) is 0 Å². The molecule has 0 aliphatic rings. The van der Waals surface area contributed by atoms with Crippen LogP contribution in [0.2, 0.25) is 10.0 Å². The molecule has 0 bridgehead atoms. The van der Waals surface area contributed by atoms with Gasteiger partial charge in [-0.2, -0.15) is 0 Å². The Kier molecular flexibility index (Phi) is 5.25. The van der Waals surface area contributed by atoms with E-state index in [1.54, 1.807) is 36.4 Å². The van der Waals surface area contributed by atoms with Gasteiger partial charge in [-0.05, 0) is 42.5 Å². The number of carbonyl (C=O) groups excluding carboxylic acids is 2. The van der Waals surface area contributed by atoms with Crippen LogP contribution in [0.25, 0.3) is 0 Å². The van der Waals surface area contributed by atoms with E-state index in [0.717, 1.165) is 0 Å². The van der Waals surface area contributed by atoms with Crippen molar-refractivity contribution in [1.29, 1.82) is 0 Å². The molecule has 114 valence electrons. The second-order valence-electron chi connectivity index (χ2n) is 4.26.